The van der Waals surface area contributed by atoms with Crippen LogP contribution in [0.3, 0.4) is 0 Å². The Morgan fingerprint density at radius 3 is 2.82 bits per heavy atom. The Morgan fingerprint density at radius 2 is 2.12 bits per heavy atom. The van der Waals surface area contributed by atoms with Crippen LogP contribution in [0.15, 0.2) is 41.0 Å². The summed E-state index contributed by atoms with van der Waals surface area (Å²) in [5.74, 6) is 0.0307. The molecular formula is C13H12O4. The fourth-order valence-corrected chi connectivity index (χ4v) is 1.50. The van der Waals surface area contributed by atoms with Crippen molar-refractivity contribution in [1.82, 2.24) is 0 Å². The smallest absolute Gasteiger partial charge is 0.339 e. The largest absolute Gasteiger partial charge is 0.485 e. The SMILES string of the molecule is Cc1ccccc1OCc1occc1C(=O)O. The van der Waals surface area contributed by atoms with Gasteiger partial charge in [0, 0.05) is 0 Å². The maximum Gasteiger partial charge on any atom is 0.339 e. The van der Waals surface area contributed by atoms with Gasteiger partial charge < -0.3 is 14.3 Å². The lowest BCUT2D eigenvalue weighted by Gasteiger charge is -2.07. The number of benzene rings is 1. The van der Waals surface area contributed by atoms with Crippen molar-refractivity contribution in [2.24, 2.45) is 0 Å². The van der Waals surface area contributed by atoms with Gasteiger partial charge in [0.05, 0.1) is 6.26 Å². The molecule has 2 rings (SSSR count). The van der Waals surface area contributed by atoms with Crippen LogP contribution in [0.4, 0.5) is 0 Å². The highest BCUT2D eigenvalue weighted by Gasteiger charge is 2.13. The minimum absolute atomic E-state index is 0.111. The zero-order chi connectivity index (χ0) is 12.3. The summed E-state index contributed by atoms with van der Waals surface area (Å²) in [7, 11) is 0. The second kappa shape index (κ2) is 4.74. The number of carbonyl (C=O) groups is 1. The van der Waals surface area contributed by atoms with Gasteiger partial charge >= 0.3 is 5.97 Å². The number of carboxylic acid groups (broad SMARTS) is 1. The molecule has 0 saturated carbocycles. The van der Waals surface area contributed by atoms with E-state index in [9.17, 15) is 4.79 Å². The molecule has 1 aromatic carbocycles. The second-order valence-electron chi connectivity index (χ2n) is 3.62. The van der Waals surface area contributed by atoms with Gasteiger partial charge in [-0.3, -0.25) is 0 Å². The summed E-state index contributed by atoms with van der Waals surface area (Å²) >= 11 is 0. The van der Waals surface area contributed by atoms with Crippen molar-refractivity contribution in [3.8, 4) is 5.75 Å². The minimum atomic E-state index is -1.01. The number of ether oxygens (including phenoxy) is 1. The molecule has 88 valence electrons. The Kier molecular flexibility index (Phi) is 3.14. The van der Waals surface area contributed by atoms with E-state index in [1.165, 1.54) is 12.3 Å². The Labute approximate surface area is 98.4 Å². The van der Waals surface area contributed by atoms with Crippen LogP contribution in [0.2, 0.25) is 0 Å². The first kappa shape index (κ1) is 11.3. The number of aryl methyl sites for hydroxylation is 1. The van der Waals surface area contributed by atoms with E-state index in [0.717, 1.165) is 11.3 Å². The van der Waals surface area contributed by atoms with Gasteiger partial charge in [-0.1, -0.05) is 18.2 Å². The van der Waals surface area contributed by atoms with Gasteiger partial charge in [0.1, 0.15) is 17.9 Å². The lowest BCUT2D eigenvalue weighted by Crippen LogP contribution is -2.03. The highest BCUT2D eigenvalue weighted by Crippen LogP contribution is 2.19. The first-order chi connectivity index (χ1) is 8.18. The zero-order valence-electron chi connectivity index (χ0n) is 9.34. The van der Waals surface area contributed by atoms with Crippen LogP contribution < -0.4 is 4.74 Å². The van der Waals surface area contributed by atoms with Crippen LogP contribution in [0.1, 0.15) is 21.7 Å². The topological polar surface area (TPSA) is 59.7 Å². The molecule has 0 aliphatic heterocycles. The predicted molar refractivity (Wildman–Crippen MR) is 61.2 cm³/mol. The molecule has 4 heteroatoms. The van der Waals surface area contributed by atoms with Gasteiger partial charge in [-0.05, 0) is 24.6 Å². The van der Waals surface area contributed by atoms with Crippen molar-refractivity contribution in [3.05, 3.63) is 53.5 Å². The molecule has 4 nitrogen and oxygen atoms in total. The van der Waals surface area contributed by atoms with E-state index in [0.29, 0.717) is 5.76 Å². The van der Waals surface area contributed by atoms with Crippen LogP contribution in [0.25, 0.3) is 0 Å². The van der Waals surface area contributed by atoms with E-state index >= 15 is 0 Å². The van der Waals surface area contributed by atoms with Crippen LogP contribution >= 0.6 is 0 Å². The molecule has 0 atom stereocenters. The number of aromatic carboxylic acids is 1. The Hall–Kier alpha value is -2.23. The number of furan rings is 1. The molecule has 0 aliphatic rings. The molecule has 0 spiro atoms. The van der Waals surface area contributed by atoms with Crippen molar-refractivity contribution in [1.29, 1.82) is 0 Å². The average molecular weight is 232 g/mol. The number of hydrogen-bond acceptors (Lipinski definition) is 3. The van der Waals surface area contributed by atoms with Crippen LogP contribution in [0, 0.1) is 6.92 Å². The van der Waals surface area contributed by atoms with E-state index in [1.807, 2.05) is 31.2 Å². The molecule has 0 unspecified atom stereocenters. The summed E-state index contributed by atoms with van der Waals surface area (Å²) in [6, 6.07) is 8.95. The predicted octanol–water partition coefficient (Wildman–Crippen LogP) is 2.87. The van der Waals surface area contributed by atoms with Crippen molar-refractivity contribution < 1.29 is 19.1 Å². The Balaban J connectivity index is 2.10. The van der Waals surface area contributed by atoms with E-state index in [1.54, 1.807) is 0 Å². The minimum Gasteiger partial charge on any atom is -0.485 e. The summed E-state index contributed by atoms with van der Waals surface area (Å²) in [6.07, 6.45) is 1.35. The molecule has 1 aromatic heterocycles. The molecule has 0 bridgehead atoms. The second-order valence-corrected chi connectivity index (χ2v) is 3.62. The maximum absolute atomic E-state index is 10.8. The van der Waals surface area contributed by atoms with Crippen molar-refractivity contribution in [3.63, 3.8) is 0 Å². The monoisotopic (exact) mass is 232 g/mol. The number of hydrogen-bond donors (Lipinski definition) is 1. The van der Waals surface area contributed by atoms with Crippen LogP contribution in [-0.4, -0.2) is 11.1 Å². The molecule has 0 saturated heterocycles. The normalized spacial score (nSPS) is 10.2. The quantitative estimate of drug-likeness (QED) is 0.880. The summed E-state index contributed by atoms with van der Waals surface area (Å²) in [6.45, 7) is 2.04. The van der Waals surface area contributed by atoms with Crippen molar-refractivity contribution in [2.45, 2.75) is 13.5 Å². The van der Waals surface area contributed by atoms with Gasteiger partial charge in [0.2, 0.25) is 0 Å². The average Bonchev–Trinajstić information content (AvgIpc) is 2.76. The molecule has 2 aromatic rings. The standard InChI is InChI=1S/C13H12O4/c1-9-4-2-3-5-11(9)17-8-12-10(13(14)15)6-7-16-12/h2-7H,8H2,1H3,(H,14,15). The fraction of sp³-hybridized carbons (Fsp3) is 0.154. The summed E-state index contributed by atoms with van der Waals surface area (Å²) in [5, 5.41) is 8.89. The molecule has 0 fully saturated rings. The third-order valence-corrected chi connectivity index (χ3v) is 2.43. The molecule has 1 N–H and O–H groups in total. The highest BCUT2D eigenvalue weighted by molar-refractivity contribution is 5.88. The van der Waals surface area contributed by atoms with Crippen molar-refractivity contribution >= 4 is 5.97 Å². The molecule has 0 aliphatic carbocycles. The molecular weight excluding hydrogens is 220 g/mol. The van der Waals surface area contributed by atoms with Gasteiger partial charge in [-0.25, -0.2) is 4.79 Å². The first-order valence-electron chi connectivity index (χ1n) is 5.16. The summed E-state index contributed by atoms with van der Waals surface area (Å²) < 4.78 is 10.6. The lowest BCUT2D eigenvalue weighted by atomic mass is 10.2. The Bertz CT molecular complexity index is 528. The number of para-hydroxylation sites is 1. The van der Waals surface area contributed by atoms with Gasteiger partial charge in [-0.15, -0.1) is 0 Å². The summed E-state index contributed by atoms with van der Waals surface area (Å²) in [4.78, 5) is 10.8. The zero-order valence-corrected chi connectivity index (χ0v) is 9.34. The molecule has 1 heterocycles. The maximum atomic E-state index is 10.8. The number of rotatable bonds is 4. The number of carboxylic acids is 1. The lowest BCUT2D eigenvalue weighted by molar-refractivity contribution is 0.0692. The first-order valence-corrected chi connectivity index (χ1v) is 5.16. The van der Waals surface area contributed by atoms with E-state index < -0.39 is 5.97 Å². The molecule has 0 amide bonds. The van der Waals surface area contributed by atoms with Gasteiger partial charge in [0.15, 0.2) is 5.76 Å². The van der Waals surface area contributed by atoms with Crippen LogP contribution in [0.5, 0.6) is 5.75 Å². The van der Waals surface area contributed by atoms with E-state index in [-0.39, 0.29) is 12.2 Å². The van der Waals surface area contributed by atoms with E-state index in [2.05, 4.69) is 0 Å². The Morgan fingerprint density at radius 1 is 1.35 bits per heavy atom. The van der Waals surface area contributed by atoms with Gasteiger partial charge in [-0.2, -0.15) is 0 Å². The summed E-state index contributed by atoms with van der Waals surface area (Å²) in [5.41, 5.74) is 1.13. The van der Waals surface area contributed by atoms with Crippen molar-refractivity contribution in [2.75, 3.05) is 0 Å². The third kappa shape index (κ3) is 2.47. The molecule has 0 radical (unpaired) electrons. The van der Waals surface area contributed by atoms with E-state index in [4.69, 9.17) is 14.3 Å². The molecule has 17 heavy (non-hydrogen) atoms. The highest BCUT2D eigenvalue weighted by atomic mass is 16.5. The fourth-order valence-electron chi connectivity index (χ4n) is 1.50. The van der Waals surface area contributed by atoms with Crippen LogP contribution in [-0.2, 0) is 6.61 Å². The van der Waals surface area contributed by atoms with Gasteiger partial charge in [0.25, 0.3) is 0 Å². The third-order valence-electron chi connectivity index (χ3n) is 2.43.